The number of carbonyl (C=O) groups is 1. The van der Waals surface area contributed by atoms with E-state index in [-0.39, 0.29) is 5.56 Å². The van der Waals surface area contributed by atoms with E-state index >= 15 is 0 Å². The predicted molar refractivity (Wildman–Crippen MR) is 77.5 cm³/mol. The van der Waals surface area contributed by atoms with Gasteiger partial charge in [-0.15, -0.1) is 11.3 Å². The zero-order chi connectivity index (χ0) is 13.1. The first kappa shape index (κ1) is 13.6. The highest BCUT2D eigenvalue weighted by atomic mass is 79.9. The molecule has 18 heavy (non-hydrogen) atoms. The van der Waals surface area contributed by atoms with Gasteiger partial charge >= 0.3 is 5.97 Å². The van der Waals surface area contributed by atoms with Crippen LogP contribution in [-0.2, 0) is 6.61 Å². The van der Waals surface area contributed by atoms with Crippen LogP contribution in [0.2, 0.25) is 0 Å². The Bertz CT molecular complexity index is 580. The zero-order valence-corrected chi connectivity index (χ0v) is 13.0. The fourth-order valence-electron chi connectivity index (χ4n) is 1.34. The second-order valence-corrected chi connectivity index (χ2v) is 6.84. The van der Waals surface area contributed by atoms with Gasteiger partial charge in [-0.05, 0) is 62.2 Å². The summed E-state index contributed by atoms with van der Waals surface area (Å²) in [6, 6.07) is 8.83. The molecule has 1 aromatic carbocycles. The molecule has 0 atom stereocenters. The van der Waals surface area contributed by atoms with Crippen molar-refractivity contribution in [3.8, 4) is 5.75 Å². The van der Waals surface area contributed by atoms with Crippen molar-refractivity contribution in [2.75, 3.05) is 0 Å². The summed E-state index contributed by atoms with van der Waals surface area (Å²) in [5.41, 5.74) is 0.194. The van der Waals surface area contributed by atoms with Gasteiger partial charge in [0.2, 0.25) is 0 Å². The molecule has 0 amide bonds. The molecule has 0 spiro atoms. The van der Waals surface area contributed by atoms with Gasteiger partial charge in [-0.25, -0.2) is 4.79 Å². The van der Waals surface area contributed by atoms with E-state index in [1.807, 2.05) is 12.1 Å². The van der Waals surface area contributed by atoms with E-state index < -0.39 is 5.97 Å². The van der Waals surface area contributed by atoms with Gasteiger partial charge < -0.3 is 9.84 Å². The molecule has 1 aromatic heterocycles. The standard InChI is InChI=1S/C12H8Br2O3S/c13-10-3-1-7(5-9(10)12(15)16)17-6-8-2-4-11(14)18-8/h1-5H,6H2,(H,15,16). The number of carboxylic acid groups (broad SMARTS) is 1. The number of carboxylic acids is 1. The summed E-state index contributed by atoms with van der Waals surface area (Å²) in [5.74, 6) is -0.439. The summed E-state index contributed by atoms with van der Waals surface area (Å²) in [4.78, 5) is 12.0. The van der Waals surface area contributed by atoms with Gasteiger partial charge in [0.15, 0.2) is 0 Å². The molecule has 0 aliphatic carbocycles. The van der Waals surface area contributed by atoms with Gasteiger partial charge in [0.1, 0.15) is 12.4 Å². The van der Waals surface area contributed by atoms with E-state index in [0.29, 0.717) is 16.8 Å². The molecule has 94 valence electrons. The average molecular weight is 392 g/mol. The Morgan fingerprint density at radius 1 is 1.28 bits per heavy atom. The second-order valence-electron chi connectivity index (χ2n) is 3.44. The van der Waals surface area contributed by atoms with Crippen LogP contribution < -0.4 is 4.74 Å². The number of halogens is 2. The summed E-state index contributed by atoms with van der Waals surface area (Å²) in [7, 11) is 0. The smallest absolute Gasteiger partial charge is 0.336 e. The molecule has 2 aromatic rings. The lowest BCUT2D eigenvalue weighted by Crippen LogP contribution is -1.99. The Labute approximate surface area is 125 Å². The van der Waals surface area contributed by atoms with Crippen molar-refractivity contribution in [3.05, 3.63) is 49.0 Å². The highest BCUT2D eigenvalue weighted by Gasteiger charge is 2.09. The van der Waals surface area contributed by atoms with Gasteiger partial charge in [0, 0.05) is 9.35 Å². The Balaban J connectivity index is 2.10. The minimum absolute atomic E-state index is 0.194. The van der Waals surface area contributed by atoms with Crippen molar-refractivity contribution >= 4 is 49.2 Å². The van der Waals surface area contributed by atoms with E-state index in [1.54, 1.807) is 23.5 Å². The van der Waals surface area contributed by atoms with Crippen LogP contribution in [-0.4, -0.2) is 11.1 Å². The maximum Gasteiger partial charge on any atom is 0.336 e. The average Bonchev–Trinajstić information content (AvgIpc) is 2.74. The predicted octanol–water partition coefficient (Wildman–Crippen LogP) is 4.55. The third-order valence-electron chi connectivity index (χ3n) is 2.18. The quantitative estimate of drug-likeness (QED) is 0.831. The van der Waals surface area contributed by atoms with E-state index in [9.17, 15) is 4.79 Å². The molecule has 0 saturated heterocycles. The van der Waals surface area contributed by atoms with Crippen molar-refractivity contribution < 1.29 is 14.6 Å². The Hall–Kier alpha value is -0.850. The zero-order valence-electron chi connectivity index (χ0n) is 9.02. The molecule has 0 aliphatic rings. The van der Waals surface area contributed by atoms with Gasteiger partial charge in [0.25, 0.3) is 0 Å². The molecule has 6 heteroatoms. The van der Waals surface area contributed by atoms with Crippen LogP contribution in [0.4, 0.5) is 0 Å². The van der Waals surface area contributed by atoms with E-state index in [4.69, 9.17) is 9.84 Å². The summed E-state index contributed by atoms with van der Waals surface area (Å²) in [5, 5.41) is 8.99. The summed E-state index contributed by atoms with van der Waals surface area (Å²) >= 11 is 8.15. The molecular weight excluding hydrogens is 384 g/mol. The van der Waals surface area contributed by atoms with E-state index in [1.165, 1.54) is 6.07 Å². The number of aromatic carboxylic acids is 1. The van der Waals surface area contributed by atoms with Crippen LogP contribution in [0.5, 0.6) is 5.75 Å². The minimum Gasteiger partial charge on any atom is -0.488 e. The first-order valence-corrected chi connectivity index (χ1v) is 7.36. The maximum atomic E-state index is 11.0. The van der Waals surface area contributed by atoms with Crippen molar-refractivity contribution in [1.82, 2.24) is 0 Å². The van der Waals surface area contributed by atoms with Gasteiger partial charge in [-0.3, -0.25) is 0 Å². The van der Waals surface area contributed by atoms with E-state index in [0.717, 1.165) is 8.66 Å². The van der Waals surface area contributed by atoms with Crippen LogP contribution >= 0.6 is 43.2 Å². The van der Waals surface area contributed by atoms with Crippen molar-refractivity contribution in [2.24, 2.45) is 0 Å². The van der Waals surface area contributed by atoms with Crippen molar-refractivity contribution in [2.45, 2.75) is 6.61 Å². The minimum atomic E-state index is -0.980. The monoisotopic (exact) mass is 390 g/mol. The Morgan fingerprint density at radius 3 is 2.67 bits per heavy atom. The molecule has 3 nitrogen and oxygen atoms in total. The molecule has 0 radical (unpaired) electrons. The third-order valence-corrected chi connectivity index (χ3v) is 4.47. The number of thiophene rings is 1. The summed E-state index contributed by atoms with van der Waals surface area (Å²) < 4.78 is 7.14. The number of hydrogen-bond acceptors (Lipinski definition) is 3. The molecule has 1 N–H and O–H groups in total. The maximum absolute atomic E-state index is 11.0. The molecule has 0 fully saturated rings. The Kier molecular flexibility index (Phi) is 4.42. The lowest BCUT2D eigenvalue weighted by molar-refractivity contribution is 0.0695. The SMILES string of the molecule is O=C(O)c1cc(OCc2ccc(Br)s2)ccc1Br. The summed E-state index contributed by atoms with van der Waals surface area (Å²) in [6.07, 6.45) is 0. The lowest BCUT2D eigenvalue weighted by atomic mass is 10.2. The van der Waals surface area contributed by atoms with Gasteiger partial charge in [0.05, 0.1) is 9.35 Å². The number of hydrogen-bond donors (Lipinski definition) is 1. The molecular formula is C12H8Br2O3S. The number of rotatable bonds is 4. The van der Waals surface area contributed by atoms with Gasteiger partial charge in [-0.2, -0.15) is 0 Å². The fraction of sp³-hybridized carbons (Fsp3) is 0.0833. The first-order chi connectivity index (χ1) is 8.56. The van der Waals surface area contributed by atoms with Crippen LogP contribution in [0.1, 0.15) is 15.2 Å². The number of benzene rings is 1. The highest BCUT2D eigenvalue weighted by Crippen LogP contribution is 2.26. The van der Waals surface area contributed by atoms with Crippen LogP contribution in [0.3, 0.4) is 0 Å². The molecule has 0 bridgehead atoms. The van der Waals surface area contributed by atoms with Crippen LogP contribution in [0.25, 0.3) is 0 Å². The van der Waals surface area contributed by atoms with Crippen molar-refractivity contribution in [3.63, 3.8) is 0 Å². The van der Waals surface area contributed by atoms with Gasteiger partial charge in [-0.1, -0.05) is 0 Å². The fourth-order valence-corrected chi connectivity index (χ4v) is 3.15. The Morgan fingerprint density at radius 2 is 2.06 bits per heavy atom. The van der Waals surface area contributed by atoms with Crippen molar-refractivity contribution in [1.29, 1.82) is 0 Å². The topological polar surface area (TPSA) is 46.5 Å². The third kappa shape index (κ3) is 3.34. The van der Waals surface area contributed by atoms with E-state index in [2.05, 4.69) is 31.9 Å². The molecule has 2 rings (SSSR count). The largest absolute Gasteiger partial charge is 0.488 e. The molecule has 0 aliphatic heterocycles. The van der Waals surface area contributed by atoms with Crippen LogP contribution in [0, 0.1) is 0 Å². The normalized spacial score (nSPS) is 10.3. The lowest BCUT2D eigenvalue weighted by Gasteiger charge is -2.06. The number of ether oxygens (including phenoxy) is 1. The second kappa shape index (κ2) is 5.86. The highest BCUT2D eigenvalue weighted by molar-refractivity contribution is 9.11. The molecule has 0 saturated carbocycles. The summed E-state index contributed by atoms with van der Waals surface area (Å²) in [6.45, 7) is 0.428. The molecule has 1 heterocycles. The first-order valence-electron chi connectivity index (χ1n) is 4.96. The molecule has 0 unspecified atom stereocenters. The van der Waals surface area contributed by atoms with Crippen LogP contribution in [0.15, 0.2) is 38.6 Å².